The highest BCUT2D eigenvalue weighted by molar-refractivity contribution is 8.00. The Bertz CT molecular complexity index is 2140. The summed E-state index contributed by atoms with van der Waals surface area (Å²) in [5, 5.41) is -0.105. The van der Waals surface area contributed by atoms with Gasteiger partial charge in [0.25, 0.3) is 0 Å². The molecule has 3 heterocycles. The van der Waals surface area contributed by atoms with E-state index in [0.29, 0.717) is 44.9 Å². The molecule has 4 unspecified atom stereocenters. The number of ketones is 1. The first kappa shape index (κ1) is 33.6. The van der Waals surface area contributed by atoms with Gasteiger partial charge < -0.3 is 14.2 Å². The van der Waals surface area contributed by atoms with Crippen molar-refractivity contribution in [1.29, 1.82) is 0 Å². The Labute approximate surface area is 306 Å². The Balaban J connectivity index is 1.35. The fourth-order valence-corrected chi connectivity index (χ4v) is 10.9. The van der Waals surface area contributed by atoms with Gasteiger partial charge in [0.05, 0.1) is 5.25 Å². The summed E-state index contributed by atoms with van der Waals surface area (Å²) in [5.74, 6) is 2.94. The van der Waals surface area contributed by atoms with Crippen molar-refractivity contribution in [2.45, 2.75) is 49.6 Å². The molecule has 1 aliphatic carbocycles. The normalized spacial score (nSPS) is 24.3. The van der Waals surface area contributed by atoms with Crippen LogP contribution in [0.2, 0.25) is 0 Å². The molecule has 2 saturated heterocycles. The highest BCUT2D eigenvalue weighted by atomic mass is 32.2. The lowest BCUT2D eigenvalue weighted by molar-refractivity contribution is -0.157. The first-order valence-electron chi connectivity index (χ1n) is 17.3. The molecular formula is C43H38O6S2. The highest BCUT2D eigenvalue weighted by Crippen LogP contribution is 2.57. The number of benzene rings is 4. The van der Waals surface area contributed by atoms with E-state index in [1.807, 2.05) is 90.6 Å². The molecule has 8 rings (SSSR count). The van der Waals surface area contributed by atoms with Crippen LogP contribution in [0.3, 0.4) is 0 Å². The second-order valence-corrected chi connectivity index (χ2v) is 16.3. The number of carbonyl (C=O) groups is 3. The van der Waals surface area contributed by atoms with Crippen molar-refractivity contribution in [3.8, 4) is 22.6 Å². The Morgan fingerprint density at radius 2 is 1.35 bits per heavy atom. The van der Waals surface area contributed by atoms with Gasteiger partial charge in [0, 0.05) is 56.2 Å². The topological polar surface area (TPSA) is 78.9 Å². The summed E-state index contributed by atoms with van der Waals surface area (Å²) >= 11 is 3.63. The SMILES string of the molecule is C=C(C)C(=O)OC1(C2CCSC2)c2ccccc2Oc2ccc(-c3ccc4c(c3)C(OC(=O)C(=C)C)(C3CCCS3)c3ccccc3C4=O)cc21. The number of fused-ring (bicyclic) bond motifs is 4. The summed E-state index contributed by atoms with van der Waals surface area (Å²) in [6.45, 7) is 11.1. The Hall–Kier alpha value is -4.53. The zero-order valence-electron chi connectivity index (χ0n) is 28.7. The largest absolute Gasteiger partial charge is 0.456 e. The molecule has 0 saturated carbocycles. The van der Waals surface area contributed by atoms with E-state index in [4.69, 9.17) is 14.2 Å². The lowest BCUT2D eigenvalue weighted by Crippen LogP contribution is -2.47. The maximum absolute atomic E-state index is 14.1. The van der Waals surface area contributed by atoms with Gasteiger partial charge in [-0.2, -0.15) is 23.5 Å². The average Bonchev–Trinajstić information content (AvgIpc) is 3.89. The number of esters is 2. The summed E-state index contributed by atoms with van der Waals surface area (Å²) in [6, 6.07) is 27.1. The number of ether oxygens (including phenoxy) is 3. The molecule has 0 aromatic heterocycles. The van der Waals surface area contributed by atoms with Gasteiger partial charge in [0.15, 0.2) is 17.0 Å². The van der Waals surface area contributed by atoms with Crippen LogP contribution < -0.4 is 4.74 Å². The molecule has 4 atom stereocenters. The predicted octanol–water partition coefficient (Wildman–Crippen LogP) is 9.38. The van der Waals surface area contributed by atoms with Crippen LogP contribution in [0.15, 0.2) is 109 Å². The standard InChI is InChI=1S/C43H38O6S2/c1-25(2)40(45)48-42(29-19-21-50-24-29)33-12-7-8-13-36(33)47-37-18-16-28(23-35(37)42)27-15-17-31-34(22-27)43(38-14-9-20-51-38,49-41(46)26(3)4)32-11-6-5-10-30(32)39(31)44/h5-8,10-13,15-18,22-23,29,38H,1,3,9,14,19-21,24H2,2,4H3. The summed E-state index contributed by atoms with van der Waals surface area (Å²) < 4.78 is 19.7. The van der Waals surface area contributed by atoms with Gasteiger partial charge >= 0.3 is 11.9 Å². The number of carbonyl (C=O) groups excluding carboxylic acids is 3. The van der Waals surface area contributed by atoms with Crippen LogP contribution in [0.1, 0.15) is 71.3 Å². The van der Waals surface area contributed by atoms with Crippen LogP contribution in [-0.2, 0) is 30.3 Å². The molecule has 0 spiro atoms. The summed E-state index contributed by atoms with van der Waals surface area (Å²) in [4.78, 5) is 41.2. The van der Waals surface area contributed by atoms with Crippen LogP contribution in [0.25, 0.3) is 11.1 Å². The number of hydrogen-bond donors (Lipinski definition) is 0. The third-order valence-corrected chi connectivity index (χ3v) is 13.2. The van der Waals surface area contributed by atoms with Crippen molar-refractivity contribution in [2.75, 3.05) is 17.3 Å². The number of rotatable bonds is 7. The number of para-hydroxylation sites is 1. The van der Waals surface area contributed by atoms with Gasteiger partial charge in [-0.1, -0.05) is 67.8 Å². The van der Waals surface area contributed by atoms with Crippen LogP contribution in [0, 0.1) is 5.92 Å². The van der Waals surface area contributed by atoms with Gasteiger partial charge in [-0.15, -0.1) is 0 Å². The number of thioether (sulfide) groups is 2. The van der Waals surface area contributed by atoms with E-state index >= 15 is 0 Å². The first-order chi connectivity index (χ1) is 24.6. The molecule has 6 nitrogen and oxygen atoms in total. The summed E-state index contributed by atoms with van der Waals surface area (Å²) in [5.41, 5.74) is 4.02. The molecule has 8 heteroatoms. The fourth-order valence-electron chi connectivity index (χ4n) is 8.11. The minimum atomic E-state index is -1.20. The van der Waals surface area contributed by atoms with E-state index in [1.54, 1.807) is 25.6 Å². The van der Waals surface area contributed by atoms with Crippen molar-refractivity contribution in [1.82, 2.24) is 0 Å². The maximum Gasteiger partial charge on any atom is 0.334 e. The smallest absolute Gasteiger partial charge is 0.334 e. The predicted molar refractivity (Wildman–Crippen MR) is 203 cm³/mol. The monoisotopic (exact) mass is 714 g/mol. The second-order valence-electron chi connectivity index (χ2n) is 13.8. The highest BCUT2D eigenvalue weighted by Gasteiger charge is 2.55. The van der Waals surface area contributed by atoms with E-state index in [0.717, 1.165) is 58.8 Å². The van der Waals surface area contributed by atoms with Crippen LogP contribution in [-0.4, -0.2) is 40.2 Å². The molecule has 2 fully saturated rings. The molecule has 0 amide bonds. The maximum atomic E-state index is 14.1. The van der Waals surface area contributed by atoms with Crippen molar-refractivity contribution in [3.63, 3.8) is 0 Å². The zero-order valence-corrected chi connectivity index (χ0v) is 30.3. The molecule has 51 heavy (non-hydrogen) atoms. The van der Waals surface area contributed by atoms with E-state index in [-0.39, 0.29) is 17.0 Å². The lowest BCUT2D eigenvalue weighted by Gasteiger charge is -2.44. The molecule has 3 aliphatic heterocycles. The molecule has 258 valence electrons. The molecule has 4 aromatic carbocycles. The third-order valence-electron chi connectivity index (χ3n) is 10.5. The minimum Gasteiger partial charge on any atom is -0.456 e. The van der Waals surface area contributed by atoms with Crippen molar-refractivity contribution < 1.29 is 28.6 Å². The summed E-state index contributed by atoms with van der Waals surface area (Å²) in [6.07, 6.45) is 2.66. The first-order valence-corrected chi connectivity index (χ1v) is 19.5. The third kappa shape index (κ3) is 5.29. The quantitative estimate of drug-likeness (QED) is 0.139. The molecule has 0 N–H and O–H groups in total. The minimum absolute atomic E-state index is 0.00361. The molecular weight excluding hydrogens is 677 g/mol. The van der Waals surface area contributed by atoms with E-state index in [9.17, 15) is 14.4 Å². The Morgan fingerprint density at radius 3 is 2.04 bits per heavy atom. The van der Waals surface area contributed by atoms with Gasteiger partial charge in [-0.25, -0.2) is 9.59 Å². The summed E-state index contributed by atoms with van der Waals surface area (Å²) in [7, 11) is 0. The number of hydrogen-bond acceptors (Lipinski definition) is 8. The van der Waals surface area contributed by atoms with Crippen LogP contribution >= 0.6 is 23.5 Å². The van der Waals surface area contributed by atoms with Crippen molar-refractivity contribution in [2.24, 2.45) is 5.92 Å². The van der Waals surface area contributed by atoms with Gasteiger partial charge in [0.2, 0.25) is 0 Å². The van der Waals surface area contributed by atoms with E-state index in [2.05, 4.69) is 19.2 Å². The van der Waals surface area contributed by atoms with E-state index < -0.39 is 23.1 Å². The van der Waals surface area contributed by atoms with Gasteiger partial charge in [0.1, 0.15) is 11.5 Å². The Kier molecular flexibility index (Phi) is 8.50. The van der Waals surface area contributed by atoms with Crippen LogP contribution in [0.4, 0.5) is 0 Å². The molecule has 4 aliphatic rings. The lowest BCUT2D eigenvalue weighted by atomic mass is 9.70. The fraction of sp³-hybridized carbons (Fsp3) is 0.279. The molecule has 0 bridgehead atoms. The van der Waals surface area contributed by atoms with Gasteiger partial charge in [-0.3, -0.25) is 4.79 Å². The average molecular weight is 715 g/mol. The van der Waals surface area contributed by atoms with Crippen molar-refractivity contribution in [3.05, 3.63) is 143 Å². The van der Waals surface area contributed by atoms with Gasteiger partial charge in [-0.05, 0) is 86.1 Å². The molecule has 4 aromatic rings. The van der Waals surface area contributed by atoms with E-state index in [1.165, 1.54) is 0 Å². The Morgan fingerprint density at radius 1 is 0.725 bits per heavy atom. The van der Waals surface area contributed by atoms with Crippen LogP contribution in [0.5, 0.6) is 11.5 Å². The molecule has 0 radical (unpaired) electrons. The zero-order chi connectivity index (χ0) is 35.5. The van der Waals surface area contributed by atoms with Crippen molar-refractivity contribution >= 4 is 41.2 Å². The second kappa shape index (κ2) is 12.9.